The highest BCUT2D eigenvalue weighted by atomic mass is 32.2. The first-order chi connectivity index (χ1) is 15.6. The zero-order valence-corrected chi connectivity index (χ0v) is 18.1. The average molecular weight is 445 g/mol. The molecule has 32 heavy (non-hydrogen) atoms. The van der Waals surface area contributed by atoms with Crippen LogP contribution in [-0.4, -0.2) is 17.9 Å². The molecular formula is C26H21FN2O2S. The summed E-state index contributed by atoms with van der Waals surface area (Å²) in [5, 5.41) is 2.97. The molecular weight excluding hydrogens is 423 g/mol. The van der Waals surface area contributed by atoms with Crippen molar-refractivity contribution in [2.24, 2.45) is 0 Å². The van der Waals surface area contributed by atoms with Crippen LogP contribution in [0.15, 0.2) is 82.6 Å². The van der Waals surface area contributed by atoms with Crippen molar-refractivity contribution < 1.29 is 14.0 Å². The molecule has 1 N–H and O–H groups in total. The molecule has 3 aromatic carbocycles. The molecule has 3 aromatic rings. The first kappa shape index (κ1) is 20.5. The molecule has 0 radical (unpaired) electrons. The van der Waals surface area contributed by atoms with Crippen LogP contribution >= 0.6 is 11.8 Å². The molecule has 4 nitrogen and oxygen atoms in total. The highest BCUT2D eigenvalue weighted by molar-refractivity contribution is 8.04. The van der Waals surface area contributed by atoms with E-state index < -0.39 is 0 Å². The number of nitrogens with one attached hydrogen (secondary N) is 1. The van der Waals surface area contributed by atoms with Gasteiger partial charge in [-0.3, -0.25) is 9.59 Å². The summed E-state index contributed by atoms with van der Waals surface area (Å²) in [4.78, 5) is 28.7. The minimum atomic E-state index is -0.332. The Morgan fingerprint density at radius 1 is 1.03 bits per heavy atom. The Morgan fingerprint density at radius 3 is 2.50 bits per heavy atom. The van der Waals surface area contributed by atoms with Gasteiger partial charge in [-0.2, -0.15) is 0 Å². The number of thioether (sulfide) groups is 1. The van der Waals surface area contributed by atoms with E-state index in [0.29, 0.717) is 22.1 Å². The molecule has 1 fully saturated rings. The van der Waals surface area contributed by atoms with Gasteiger partial charge >= 0.3 is 0 Å². The fourth-order valence-electron chi connectivity index (χ4n) is 3.59. The molecule has 2 aliphatic rings. The van der Waals surface area contributed by atoms with Gasteiger partial charge in [-0.25, -0.2) is 4.39 Å². The van der Waals surface area contributed by atoms with Crippen LogP contribution in [0.4, 0.5) is 10.1 Å². The molecule has 1 aliphatic heterocycles. The van der Waals surface area contributed by atoms with Crippen LogP contribution in [0.1, 0.15) is 34.3 Å². The monoisotopic (exact) mass is 444 g/mol. The first-order valence-corrected chi connectivity index (χ1v) is 11.3. The minimum Gasteiger partial charge on any atom is -0.349 e. The number of carbonyl (C=O) groups excluding carboxylic acids is 2. The van der Waals surface area contributed by atoms with E-state index in [1.165, 1.54) is 17.8 Å². The Labute approximate surface area is 190 Å². The highest BCUT2D eigenvalue weighted by Crippen LogP contribution is 2.42. The number of amides is 2. The number of benzene rings is 3. The predicted octanol–water partition coefficient (Wildman–Crippen LogP) is 5.40. The topological polar surface area (TPSA) is 49.4 Å². The summed E-state index contributed by atoms with van der Waals surface area (Å²) in [5.74, 6) is -0.575. The van der Waals surface area contributed by atoms with Crippen molar-refractivity contribution in [1.29, 1.82) is 0 Å². The summed E-state index contributed by atoms with van der Waals surface area (Å²) in [6.45, 7) is 0.153. The van der Waals surface area contributed by atoms with Crippen LogP contribution in [0.25, 0.3) is 6.08 Å². The molecule has 160 valence electrons. The summed E-state index contributed by atoms with van der Waals surface area (Å²) in [6.07, 6.45) is 3.90. The molecule has 1 aliphatic carbocycles. The molecule has 1 saturated carbocycles. The number of nitrogens with zero attached hydrogens (tertiary/aromatic N) is 1. The van der Waals surface area contributed by atoms with Crippen LogP contribution in [0, 0.1) is 5.82 Å². The third-order valence-electron chi connectivity index (χ3n) is 5.50. The van der Waals surface area contributed by atoms with E-state index in [-0.39, 0.29) is 24.2 Å². The van der Waals surface area contributed by atoms with Crippen molar-refractivity contribution in [3.8, 4) is 0 Å². The van der Waals surface area contributed by atoms with Gasteiger partial charge in [0.25, 0.3) is 11.8 Å². The van der Waals surface area contributed by atoms with Gasteiger partial charge in [-0.1, -0.05) is 54.2 Å². The maximum absolute atomic E-state index is 14.3. The van der Waals surface area contributed by atoms with Gasteiger partial charge in [-0.15, -0.1) is 0 Å². The third kappa shape index (κ3) is 4.32. The van der Waals surface area contributed by atoms with Crippen molar-refractivity contribution in [2.75, 3.05) is 4.90 Å². The Balaban J connectivity index is 1.43. The van der Waals surface area contributed by atoms with Crippen molar-refractivity contribution in [3.05, 3.63) is 100 Å². The van der Waals surface area contributed by atoms with Crippen LogP contribution in [-0.2, 0) is 11.3 Å². The van der Waals surface area contributed by atoms with E-state index in [2.05, 4.69) is 5.32 Å². The molecule has 0 bridgehead atoms. The van der Waals surface area contributed by atoms with E-state index in [0.717, 1.165) is 29.0 Å². The summed E-state index contributed by atoms with van der Waals surface area (Å²) in [7, 11) is 0. The average Bonchev–Trinajstić information content (AvgIpc) is 3.62. The van der Waals surface area contributed by atoms with Gasteiger partial charge in [0.15, 0.2) is 0 Å². The smallest absolute Gasteiger partial charge is 0.265 e. The number of para-hydroxylation sites is 1. The van der Waals surface area contributed by atoms with Crippen LogP contribution in [0.5, 0.6) is 0 Å². The fraction of sp³-hybridized carbons (Fsp3) is 0.154. The lowest BCUT2D eigenvalue weighted by atomic mass is 10.1. The summed E-state index contributed by atoms with van der Waals surface area (Å²) < 4.78 is 14.3. The predicted molar refractivity (Wildman–Crippen MR) is 125 cm³/mol. The molecule has 0 atom stereocenters. The second kappa shape index (κ2) is 8.63. The Morgan fingerprint density at radius 2 is 1.75 bits per heavy atom. The lowest BCUT2D eigenvalue weighted by Gasteiger charge is -2.30. The lowest BCUT2D eigenvalue weighted by molar-refractivity contribution is -0.114. The van der Waals surface area contributed by atoms with Crippen molar-refractivity contribution in [1.82, 2.24) is 5.32 Å². The number of anilines is 1. The van der Waals surface area contributed by atoms with Crippen LogP contribution in [0.3, 0.4) is 0 Å². The molecule has 0 unspecified atom stereocenters. The summed E-state index contributed by atoms with van der Waals surface area (Å²) in [6, 6.07) is 21.7. The Kier molecular flexibility index (Phi) is 5.53. The van der Waals surface area contributed by atoms with Gasteiger partial charge < -0.3 is 10.2 Å². The second-order valence-electron chi connectivity index (χ2n) is 7.93. The Bertz CT molecular complexity index is 1220. The van der Waals surface area contributed by atoms with Crippen LogP contribution < -0.4 is 10.2 Å². The molecule has 1 heterocycles. The van der Waals surface area contributed by atoms with Crippen LogP contribution in [0.2, 0.25) is 0 Å². The number of rotatable bonds is 5. The molecule has 2 amide bonds. The van der Waals surface area contributed by atoms with Gasteiger partial charge in [0.05, 0.1) is 17.1 Å². The highest BCUT2D eigenvalue weighted by Gasteiger charge is 2.29. The molecule has 5 rings (SSSR count). The molecule has 0 saturated heterocycles. The number of carbonyl (C=O) groups is 2. The van der Waals surface area contributed by atoms with Gasteiger partial charge in [0, 0.05) is 22.1 Å². The molecule has 0 aromatic heterocycles. The third-order valence-corrected chi connectivity index (χ3v) is 6.58. The number of hydrogen-bond acceptors (Lipinski definition) is 3. The zero-order valence-electron chi connectivity index (χ0n) is 17.3. The maximum atomic E-state index is 14.3. The van der Waals surface area contributed by atoms with Gasteiger partial charge in [-0.05, 0) is 54.8 Å². The second-order valence-corrected chi connectivity index (χ2v) is 9.01. The fourth-order valence-corrected chi connectivity index (χ4v) is 4.65. The molecule has 6 heteroatoms. The van der Waals surface area contributed by atoms with E-state index >= 15 is 0 Å². The minimum absolute atomic E-state index is 0.0696. The Hall–Kier alpha value is -3.38. The van der Waals surface area contributed by atoms with E-state index in [9.17, 15) is 14.0 Å². The summed E-state index contributed by atoms with van der Waals surface area (Å²) >= 11 is 1.40. The quantitative estimate of drug-likeness (QED) is 0.536. The number of halogens is 1. The van der Waals surface area contributed by atoms with Crippen molar-refractivity contribution in [3.63, 3.8) is 0 Å². The number of fused-ring (bicyclic) bond motifs is 1. The molecule has 0 spiro atoms. The van der Waals surface area contributed by atoms with E-state index in [1.807, 2.05) is 42.5 Å². The van der Waals surface area contributed by atoms with E-state index in [4.69, 9.17) is 0 Å². The SMILES string of the molecule is O=C(NC1CC1)c1ccc(C=C2Sc3ccccc3N(Cc3ccccc3F)C2=O)cc1. The lowest BCUT2D eigenvalue weighted by Crippen LogP contribution is -2.34. The first-order valence-electron chi connectivity index (χ1n) is 10.5. The largest absolute Gasteiger partial charge is 0.349 e. The normalized spacial score (nSPS) is 16.7. The van der Waals surface area contributed by atoms with E-state index in [1.54, 1.807) is 35.2 Å². The maximum Gasteiger partial charge on any atom is 0.265 e. The van der Waals surface area contributed by atoms with Crippen molar-refractivity contribution in [2.45, 2.75) is 30.3 Å². The standard InChI is InChI=1S/C26H21FN2O2S/c27-21-6-2-1-5-19(21)16-29-22-7-3-4-8-23(22)32-24(26(29)31)15-17-9-11-18(12-10-17)25(30)28-20-13-14-20/h1-12,15,20H,13-14,16H2,(H,28,30). The van der Waals surface area contributed by atoms with Gasteiger partial charge in [0.1, 0.15) is 5.82 Å². The van der Waals surface area contributed by atoms with Crippen molar-refractivity contribution >= 4 is 35.3 Å². The number of hydrogen-bond donors (Lipinski definition) is 1. The summed E-state index contributed by atoms with van der Waals surface area (Å²) in [5.41, 5.74) is 2.67. The zero-order chi connectivity index (χ0) is 22.1. The van der Waals surface area contributed by atoms with Gasteiger partial charge in [0.2, 0.25) is 0 Å².